The predicted octanol–water partition coefficient (Wildman–Crippen LogP) is 5.74. The second-order valence-corrected chi connectivity index (χ2v) is 4.29. The molecular formula is C16H28. The van der Waals surface area contributed by atoms with Crippen LogP contribution in [0.2, 0.25) is 0 Å². The van der Waals surface area contributed by atoms with Gasteiger partial charge in [0, 0.05) is 0 Å². The highest BCUT2D eigenvalue weighted by molar-refractivity contribution is 5.26. The summed E-state index contributed by atoms with van der Waals surface area (Å²) in [6.45, 7) is 13.1. The van der Waals surface area contributed by atoms with Gasteiger partial charge in [-0.2, -0.15) is 0 Å². The van der Waals surface area contributed by atoms with E-state index in [0.29, 0.717) is 11.8 Å². The molecule has 0 aromatic heterocycles. The topological polar surface area (TPSA) is 0 Å². The Hall–Kier alpha value is -0.780. The van der Waals surface area contributed by atoms with E-state index in [0.717, 1.165) is 0 Å². The van der Waals surface area contributed by atoms with Crippen LogP contribution < -0.4 is 0 Å². The molecule has 0 aliphatic rings. The van der Waals surface area contributed by atoms with E-state index in [9.17, 15) is 0 Å². The Morgan fingerprint density at radius 3 is 1.19 bits per heavy atom. The molecule has 0 heterocycles. The molecule has 0 nitrogen and oxygen atoms in total. The zero-order valence-corrected chi connectivity index (χ0v) is 11.9. The summed E-state index contributed by atoms with van der Waals surface area (Å²) in [6.07, 6.45) is 2.45. The minimum Gasteiger partial charge on any atom is -0.0683 e. The Labute approximate surface area is 102 Å². The first-order valence-electron chi connectivity index (χ1n) is 6.78. The zero-order chi connectivity index (χ0) is 12.6. The molecule has 0 spiro atoms. The summed E-state index contributed by atoms with van der Waals surface area (Å²) in [4.78, 5) is 0. The summed E-state index contributed by atoms with van der Waals surface area (Å²) in [7, 11) is 0. The van der Waals surface area contributed by atoms with Crippen LogP contribution in [0.1, 0.15) is 77.3 Å². The van der Waals surface area contributed by atoms with Crippen LogP contribution in [-0.4, -0.2) is 0 Å². The van der Waals surface area contributed by atoms with Gasteiger partial charge in [0.2, 0.25) is 0 Å². The molecule has 0 heteroatoms. The first-order valence-corrected chi connectivity index (χ1v) is 6.78. The maximum atomic E-state index is 2.29. The lowest BCUT2D eigenvalue weighted by atomic mass is 9.93. The van der Waals surface area contributed by atoms with Gasteiger partial charge in [-0.3, -0.25) is 0 Å². The van der Waals surface area contributed by atoms with Gasteiger partial charge in [0.1, 0.15) is 0 Å². The smallest absolute Gasteiger partial charge is 0.0193 e. The lowest BCUT2D eigenvalue weighted by molar-refractivity contribution is 0.719. The van der Waals surface area contributed by atoms with Crippen LogP contribution in [0.4, 0.5) is 0 Å². The van der Waals surface area contributed by atoms with Gasteiger partial charge in [-0.05, 0) is 35.8 Å². The molecular weight excluding hydrogens is 192 g/mol. The van der Waals surface area contributed by atoms with Crippen molar-refractivity contribution in [1.29, 1.82) is 0 Å². The number of rotatable bonds is 4. The Bertz CT molecular complexity index is 229. The molecule has 1 aromatic carbocycles. The summed E-state index contributed by atoms with van der Waals surface area (Å²) in [5.41, 5.74) is 2.94. The van der Waals surface area contributed by atoms with Gasteiger partial charge in [-0.25, -0.2) is 0 Å². The molecule has 0 N–H and O–H groups in total. The van der Waals surface area contributed by atoms with E-state index in [4.69, 9.17) is 0 Å². The fraction of sp³-hybridized carbons (Fsp3) is 0.625. The molecule has 2 atom stereocenters. The molecule has 0 amide bonds. The summed E-state index contributed by atoms with van der Waals surface area (Å²) in [5, 5.41) is 0. The van der Waals surface area contributed by atoms with E-state index in [1.165, 1.54) is 24.0 Å². The quantitative estimate of drug-likeness (QED) is 0.607. The first-order chi connectivity index (χ1) is 7.69. The summed E-state index contributed by atoms with van der Waals surface area (Å²) in [5.74, 6) is 1.39. The van der Waals surface area contributed by atoms with Crippen molar-refractivity contribution >= 4 is 0 Å². The summed E-state index contributed by atoms with van der Waals surface area (Å²) < 4.78 is 0. The van der Waals surface area contributed by atoms with Crippen LogP contribution in [0.25, 0.3) is 0 Å². The molecule has 1 aromatic rings. The Morgan fingerprint density at radius 1 is 0.750 bits per heavy atom. The molecule has 0 radical (unpaired) electrons. The average molecular weight is 220 g/mol. The Morgan fingerprint density at radius 2 is 1.00 bits per heavy atom. The molecule has 0 saturated carbocycles. The maximum Gasteiger partial charge on any atom is -0.0193 e. The van der Waals surface area contributed by atoms with Gasteiger partial charge in [-0.15, -0.1) is 0 Å². The van der Waals surface area contributed by atoms with E-state index in [1.54, 1.807) is 0 Å². The van der Waals surface area contributed by atoms with E-state index >= 15 is 0 Å². The van der Waals surface area contributed by atoms with Crippen LogP contribution >= 0.6 is 0 Å². The second kappa shape index (κ2) is 8.38. The van der Waals surface area contributed by atoms with E-state index in [1.807, 2.05) is 13.8 Å². The third-order valence-electron chi connectivity index (χ3n) is 3.30. The number of hydrogen-bond donors (Lipinski definition) is 0. The van der Waals surface area contributed by atoms with Crippen molar-refractivity contribution in [1.82, 2.24) is 0 Å². The van der Waals surface area contributed by atoms with Crippen LogP contribution in [0, 0.1) is 0 Å². The highest BCUT2D eigenvalue weighted by Crippen LogP contribution is 2.23. The van der Waals surface area contributed by atoms with E-state index in [-0.39, 0.29) is 0 Å². The molecule has 1 rings (SSSR count). The van der Waals surface area contributed by atoms with Gasteiger partial charge >= 0.3 is 0 Å². The van der Waals surface area contributed by atoms with Crippen LogP contribution in [0.15, 0.2) is 24.3 Å². The summed E-state index contributed by atoms with van der Waals surface area (Å²) >= 11 is 0. The van der Waals surface area contributed by atoms with Crippen molar-refractivity contribution < 1.29 is 0 Å². The third-order valence-corrected chi connectivity index (χ3v) is 3.30. The van der Waals surface area contributed by atoms with Crippen LogP contribution in [0.5, 0.6) is 0 Å². The van der Waals surface area contributed by atoms with Gasteiger partial charge < -0.3 is 0 Å². The third kappa shape index (κ3) is 4.38. The lowest BCUT2D eigenvalue weighted by Crippen LogP contribution is -1.94. The van der Waals surface area contributed by atoms with Crippen LogP contribution in [0.3, 0.4) is 0 Å². The van der Waals surface area contributed by atoms with Gasteiger partial charge in [0.25, 0.3) is 0 Å². The first kappa shape index (κ1) is 15.2. The Kier molecular flexibility index (Phi) is 7.97. The molecule has 0 bridgehead atoms. The van der Waals surface area contributed by atoms with Crippen molar-refractivity contribution in [2.75, 3.05) is 0 Å². The zero-order valence-electron chi connectivity index (χ0n) is 11.9. The number of benzene rings is 1. The van der Waals surface area contributed by atoms with Gasteiger partial charge in [0.05, 0.1) is 0 Å². The van der Waals surface area contributed by atoms with Crippen molar-refractivity contribution in [2.45, 2.75) is 66.2 Å². The fourth-order valence-electron chi connectivity index (χ4n) is 1.62. The molecule has 0 aliphatic carbocycles. The normalized spacial score (nSPS) is 13.6. The predicted molar refractivity (Wildman–Crippen MR) is 75.2 cm³/mol. The van der Waals surface area contributed by atoms with Gasteiger partial charge in [0.15, 0.2) is 0 Å². The largest absolute Gasteiger partial charge is 0.0683 e. The fourth-order valence-corrected chi connectivity index (χ4v) is 1.62. The van der Waals surface area contributed by atoms with Crippen molar-refractivity contribution in [3.8, 4) is 0 Å². The lowest BCUT2D eigenvalue weighted by Gasteiger charge is -2.12. The average Bonchev–Trinajstić information content (AvgIpc) is 2.39. The van der Waals surface area contributed by atoms with Crippen molar-refractivity contribution in [3.05, 3.63) is 35.4 Å². The van der Waals surface area contributed by atoms with E-state index < -0.39 is 0 Å². The van der Waals surface area contributed by atoms with Crippen LogP contribution in [-0.2, 0) is 0 Å². The molecule has 2 unspecified atom stereocenters. The minimum atomic E-state index is 0.695. The van der Waals surface area contributed by atoms with Crippen molar-refractivity contribution in [2.24, 2.45) is 0 Å². The second-order valence-electron chi connectivity index (χ2n) is 4.29. The summed E-state index contributed by atoms with van der Waals surface area (Å²) in [6, 6.07) is 9.15. The Balaban J connectivity index is 0.00000106. The standard InChI is InChI=1S/C14H22.C2H6/c1-5-11(3)13-7-9-14(10-8-13)12(4)6-2;1-2/h7-12H,5-6H2,1-4H3;1-2H3. The SMILES string of the molecule is CC.CCC(C)c1ccc(C(C)CC)cc1. The molecule has 16 heavy (non-hydrogen) atoms. The molecule has 0 aliphatic heterocycles. The highest BCUT2D eigenvalue weighted by atomic mass is 14.1. The molecule has 0 saturated heterocycles. The monoisotopic (exact) mass is 220 g/mol. The molecule has 92 valence electrons. The van der Waals surface area contributed by atoms with Gasteiger partial charge in [-0.1, -0.05) is 65.8 Å². The van der Waals surface area contributed by atoms with Crippen molar-refractivity contribution in [3.63, 3.8) is 0 Å². The minimum absolute atomic E-state index is 0.695. The van der Waals surface area contributed by atoms with E-state index in [2.05, 4.69) is 52.0 Å². The highest BCUT2D eigenvalue weighted by Gasteiger charge is 2.05. The number of hydrogen-bond acceptors (Lipinski definition) is 0. The maximum absolute atomic E-state index is 2.29. The molecule has 0 fully saturated rings.